The summed E-state index contributed by atoms with van der Waals surface area (Å²) in [5, 5.41) is 13.0. The monoisotopic (exact) mass is 478 g/mol. The minimum absolute atomic E-state index is 0.0806. The number of aliphatic hydroxyl groups excluding tert-OH is 1. The van der Waals surface area contributed by atoms with Gasteiger partial charge in [-0.3, -0.25) is 4.98 Å². The fraction of sp³-hybridized carbons (Fsp3) is 0.423. The number of anilines is 3. The van der Waals surface area contributed by atoms with Crippen molar-refractivity contribution in [3.63, 3.8) is 0 Å². The third kappa shape index (κ3) is 4.53. The number of rotatable bonds is 6. The number of aromatic nitrogens is 3. The van der Waals surface area contributed by atoms with Gasteiger partial charge in [-0.25, -0.2) is 14.4 Å². The Bertz CT molecular complexity index is 1230. The number of aryl methyl sites for hydroxylation is 1. The van der Waals surface area contributed by atoms with Crippen molar-refractivity contribution in [3.8, 4) is 17.0 Å². The topological polar surface area (TPSA) is 86.6 Å². The largest absolute Gasteiger partial charge is 0.494 e. The van der Waals surface area contributed by atoms with Crippen LogP contribution < -0.4 is 15.0 Å². The SMILES string of the molecule is COc1cc(N2CCN(C)CC2)c(F)cc1Nc1nccc(-c2cnc3c(c2)C(C)(CO)CC3)n1. The van der Waals surface area contributed by atoms with Crippen LogP contribution in [-0.4, -0.2) is 71.9 Å². The quantitative estimate of drug-likeness (QED) is 0.558. The van der Waals surface area contributed by atoms with Crippen LogP contribution in [0.5, 0.6) is 5.75 Å². The molecule has 1 unspecified atom stereocenters. The van der Waals surface area contributed by atoms with Gasteiger partial charge >= 0.3 is 0 Å². The molecule has 1 saturated heterocycles. The minimum atomic E-state index is -0.319. The number of benzene rings is 1. The van der Waals surface area contributed by atoms with E-state index in [0.29, 0.717) is 28.8 Å². The second-order valence-electron chi connectivity index (χ2n) is 9.62. The zero-order valence-electron chi connectivity index (χ0n) is 20.4. The van der Waals surface area contributed by atoms with E-state index in [4.69, 9.17) is 4.74 Å². The number of nitrogens with zero attached hydrogens (tertiary/aromatic N) is 5. The Kier molecular flexibility index (Phi) is 6.29. The number of piperazine rings is 1. The first kappa shape index (κ1) is 23.4. The maximum absolute atomic E-state index is 15.1. The molecule has 1 aliphatic carbocycles. The molecule has 0 saturated carbocycles. The van der Waals surface area contributed by atoms with Crippen molar-refractivity contribution < 1.29 is 14.2 Å². The van der Waals surface area contributed by atoms with Crippen molar-refractivity contribution in [2.24, 2.45) is 0 Å². The van der Waals surface area contributed by atoms with E-state index >= 15 is 4.39 Å². The summed E-state index contributed by atoms with van der Waals surface area (Å²) in [5.41, 5.74) is 4.33. The van der Waals surface area contributed by atoms with Crippen LogP contribution in [0.1, 0.15) is 24.6 Å². The Morgan fingerprint density at radius 1 is 1.17 bits per heavy atom. The summed E-state index contributed by atoms with van der Waals surface area (Å²) in [7, 11) is 3.64. The molecule has 5 rings (SSSR count). The number of methoxy groups -OCH3 is 1. The normalized spacial score (nSPS) is 20.1. The molecule has 2 aliphatic rings. The van der Waals surface area contributed by atoms with Gasteiger partial charge in [-0.1, -0.05) is 6.92 Å². The van der Waals surface area contributed by atoms with Crippen LogP contribution in [0.3, 0.4) is 0 Å². The first-order valence-electron chi connectivity index (χ1n) is 11.9. The number of aliphatic hydroxyl groups is 1. The summed E-state index contributed by atoms with van der Waals surface area (Å²) < 4.78 is 20.7. The number of pyridine rings is 1. The highest BCUT2D eigenvalue weighted by Gasteiger charge is 2.35. The van der Waals surface area contributed by atoms with Crippen LogP contribution in [0.4, 0.5) is 21.7 Å². The molecule has 1 atom stereocenters. The Labute approximate surface area is 204 Å². The lowest BCUT2D eigenvalue weighted by molar-refractivity contribution is 0.206. The first-order chi connectivity index (χ1) is 16.9. The van der Waals surface area contributed by atoms with Crippen LogP contribution in [0.25, 0.3) is 11.3 Å². The Hall–Kier alpha value is -3.30. The van der Waals surface area contributed by atoms with Crippen molar-refractivity contribution in [1.29, 1.82) is 0 Å². The minimum Gasteiger partial charge on any atom is -0.494 e. The van der Waals surface area contributed by atoms with Crippen molar-refractivity contribution >= 4 is 17.3 Å². The Balaban J connectivity index is 1.41. The number of hydrogen-bond acceptors (Lipinski definition) is 8. The number of fused-ring (bicyclic) bond motifs is 1. The van der Waals surface area contributed by atoms with Gasteiger partial charge in [0.1, 0.15) is 11.6 Å². The van der Waals surface area contributed by atoms with Crippen LogP contribution in [0, 0.1) is 5.82 Å². The average molecular weight is 479 g/mol. The Morgan fingerprint density at radius 3 is 2.71 bits per heavy atom. The molecule has 2 aromatic heterocycles. The molecule has 3 aromatic rings. The van der Waals surface area contributed by atoms with E-state index in [9.17, 15) is 5.11 Å². The third-order valence-corrected chi connectivity index (χ3v) is 7.19. The number of halogens is 1. The van der Waals surface area contributed by atoms with Crippen LogP contribution in [0.2, 0.25) is 0 Å². The summed E-state index contributed by atoms with van der Waals surface area (Å²) in [4.78, 5) is 17.9. The summed E-state index contributed by atoms with van der Waals surface area (Å²) >= 11 is 0. The highest BCUT2D eigenvalue weighted by Crippen LogP contribution is 2.39. The molecule has 8 nitrogen and oxygen atoms in total. The molecule has 0 spiro atoms. The van der Waals surface area contributed by atoms with E-state index in [0.717, 1.165) is 55.8 Å². The van der Waals surface area contributed by atoms with E-state index in [2.05, 4.69) is 45.2 Å². The molecule has 0 amide bonds. The highest BCUT2D eigenvalue weighted by molar-refractivity contribution is 5.70. The van der Waals surface area contributed by atoms with Crippen molar-refractivity contribution in [1.82, 2.24) is 19.9 Å². The van der Waals surface area contributed by atoms with E-state index in [1.54, 1.807) is 25.6 Å². The van der Waals surface area contributed by atoms with Crippen LogP contribution in [0.15, 0.2) is 36.7 Å². The second kappa shape index (κ2) is 9.39. The molecule has 0 bridgehead atoms. The molecule has 1 aromatic carbocycles. The van der Waals surface area contributed by atoms with Crippen molar-refractivity contribution in [3.05, 3.63) is 53.7 Å². The summed E-state index contributed by atoms with van der Waals surface area (Å²) in [5.74, 6) is 0.533. The molecule has 35 heavy (non-hydrogen) atoms. The molecule has 1 fully saturated rings. The summed E-state index contributed by atoms with van der Waals surface area (Å²) in [6, 6.07) is 7.04. The first-order valence-corrected chi connectivity index (χ1v) is 11.9. The molecule has 184 valence electrons. The van der Waals surface area contributed by atoms with Gasteiger partial charge in [0.05, 0.1) is 30.8 Å². The third-order valence-electron chi connectivity index (χ3n) is 7.19. The number of ether oxygens (including phenoxy) is 1. The van der Waals surface area contributed by atoms with Crippen LogP contribution in [-0.2, 0) is 11.8 Å². The second-order valence-corrected chi connectivity index (χ2v) is 9.62. The molecule has 1 aliphatic heterocycles. The van der Waals surface area contributed by atoms with Crippen LogP contribution >= 0.6 is 0 Å². The van der Waals surface area contributed by atoms with Gasteiger partial charge in [-0.15, -0.1) is 0 Å². The fourth-order valence-corrected chi connectivity index (χ4v) is 4.85. The van der Waals surface area contributed by atoms with E-state index < -0.39 is 0 Å². The van der Waals surface area contributed by atoms with Gasteiger partial charge in [0, 0.05) is 67.4 Å². The molecular weight excluding hydrogens is 447 g/mol. The van der Waals surface area contributed by atoms with Gasteiger partial charge in [-0.05, 0) is 37.6 Å². The maximum Gasteiger partial charge on any atom is 0.227 e. The fourth-order valence-electron chi connectivity index (χ4n) is 4.85. The molecule has 0 radical (unpaired) electrons. The van der Waals surface area contributed by atoms with Gasteiger partial charge in [-0.2, -0.15) is 0 Å². The summed E-state index contributed by atoms with van der Waals surface area (Å²) in [6.07, 6.45) is 5.20. The molecule has 2 N–H and O–H groups in total. The molecular formula is C26H31FN6O2. The number of nitrogens with one attached hydrogen (secondary N) is 1. The van der Waals surface area contributed by atoms with E-state index in [-0.39, 0.29) is 17.8 Å². The van der Waals surface area contributed by atoms with E-state index in [1.807, 2.05) is 11.0 Å². The van der Waals surface area contributed by atoms with Gasteiger partial charge in [0.15, 0.2) is 0 Å². The lowest BCUT2D eigenvalue weighted by Gasteiger charge is -2.34. The summed E-state index contributed by atoms with van der Waals surface area (Å²) in [6.45, 7) is 5.44. The molecule has 3 heterocycles. The maximum atomic E-state index is 15.1. The number of hydrogen-bond donors (Lipinski definition) is 2. The predicted octanol–water partition coefficient (Wildman–Crippen LogP) is 3.38. The average Bonchev–Trinajstić information content (AvgIpc) is 3.21. The van der Waals surface area contributed by atoms with Gasteiger partial charge in [0.2, 0.25) is 5.95 Å². The standard InChI is InChI=1S/C26H31FN6O2/c1-26(16-34)6-4-21-18(26)12-17(15-29-21)20-5-7-28-25(30-20)31-22-13-19(27)23(14-24(22)35-3)33-10-8-32(2)9-11-33/h5,7,12-15,34H,4,6,8-11,16H2,1-3H3,(H,28,30,31). The highest BCUT2D eigenvalue weighted by atomic mass is 19.1. The zero-order chi connectivity index (χ0) is 24.6. The Morgan fingerprint density at radius 2 is 1.97 bits per heavy atom. The number of likely N-dealkylation sites (N-methyl/N-ethyl adjacent to an activating group) is 1. The van der Waals surface area contributed by atoms with Gasteiger partial charge < -0.3 is 25.0 Å². The van der Waals surface area contributed by atoms with E-state index in [1.165, 1.54) is 6.07 Å². The lowest BCUT2D eigenvalue weighted by atomic mass is 9.85. The smallest absolute Gasteiger partial charge is 0.227 e. The predicted molar refractivity (Wildman–Crippen MR) is 134 cm³/mol. The molecule has 9 heteroatoms. The van der Waals surface area contributed by atoms with Crippen molar-refractivity contribution in [2.75, 3.05) is 57.2 Å². The lowest BCUT2D eigenvalue weighted by Crippen LogP contribution is -2.44. The zero-order valence-corrected chi connectivity index (χ0v) is 20.4. The van der Waals surface area contributed by atoms with Crippen molar-refractivity contribution in [2.45, 2.75) is 25.2 Å². The van der Waals surface area contributed by atoms with Gasteiger partial charge in [0.25, 0.3) is 0 Å².